The first-order chi connectivity index (χ1) is 7.36. The molecule has 4 nitrogen and oxygen atoms in total. The fourth-order valence-corrected chi connectivity index (χ4v) is 2.25. The molecule has 0 bridgehead atoms. The maximum absolute atomic E-state index is 11.5. The van der Waals surface area contributed by atoms with Gasteiger partial charge in [0.15, 0.2) is 0 Å². The van der Waals surface area contributed by atoms with E-state index in [0.29, 0.717) is 13.0 Å². The van der Waals surface area contributed by atoms with E-state index in [0.717, 1.165) is 38.4 Å². The first-order valence-electron chi connectivity index (χ1n) is 6.00. The molecule has 1 amide bonds. The van der Waals surface area contributed by atoms with E-state index in [1.165, 1.54) is 12.8 Å². The van der Waals surface area contributed by atoms with E-state index in [9.17, 15) is 4.79 Å². The lowest BCUT2D eigenvalue weighted by Gasteiger charge is -2.29. The van der Waals surface area contributed by atoms with E-state index in [2.05, 4.69) is 5.32 Å². The SMILES string of the molecule is O=C1CCCON1CCC1CCNCC1. The molecule has 2 fully saturated rings. The van der Waals surface area contributed by atoms with Gasteiger partial charge in [0.2, 0.25) is 5.91 Å². The Labute approximate surface area is 90.9 Å². The van der Waals surface area contributed by atoms with Crippen LogP contribution < -0.4 is 5.32 Å². The fourth-order valence-electron chi connectivity index (χ4n) is 2.25. The van der Waals surface area contributed by atoms with E-state index in [1.807, 2.05) is 0 Å². The second kappa shape index (κ2) is 5.47. The molecule has 0 radical (unpaired) electrons. The average molecular weight is 212 g/mol. The van der Waals surface area contributed by atoms with Crippen molar-refractivity contribution in [2.45, 2.75) is 32.1 Å². The molecule has 2 heterocycles. The number of nitrogens with zero attached hydrogens (tertiary/aromatic N) is 1. The van der Waals surface area contributed by atoms with Gasteiger partial charge in [-0.3, -0.25) is 9.63 Å². The van der Waals surface area contributed by atoms with Crippen LogP contribution in [0.3, 0.4) is 0 Å². The van der Waals surface area contributed by atoms with Gasteiger partial charge in [-0.25, -0.2) is 5.06 Å². The molecule has 0 unspecified atom stereocenters. The van der Waals surface area contributed by atoms with Gasteiger partial charge in [-0.15, -0.1) is 0 Å². The van der Waals surface area contributed by atoms with Crippen LogP contribution in [0.4, 0.5) is 0 Å². The Morgan fingerprint density at radius 1 is 1.40 bits per heavy atom. The number of hydroxylamine groups is 2. The van der Waals surface area contributed by atoms with Crippen molar-refractivity contribution in [2.75, 3.05) is 26.2 Å². The summed E-state index contributed by atoms with van der Waals surface area (Å²) >= 11 is 0. The van der Waals surface area contributed by atoms with Gasteiger partial charge >= 0.3 is 0 Å². The van der Waals surface area contributed by atoms with Gasteiger partial charge in [0, 0.05) is 13.0 Å². The highest BCUT2D eigenvalue weighted by atomic mass is 16.7. The third-order valence-corrected chi connectivity index (χ3v) is 3.26. The van der Waals surface area contributed by atoms with Crippen molar-refractivity contribution in [3.63, 3.8) is 0 Å². The minimum absolute atomic E-state index is 0.162. The smallest absolute Gasteiger partial charge is 0.246 e. The molecule has 2 rings (SSSR count). The maximum Gasteiger partial charge on any atom is 0.246 e. The van der Waals surface area contributed by atoms with Gasteiger partial charge in [0.1, 0.15) is 0 Å². The second-order valence-electron chi connectivity index (χ2n) is 4.41. The maximum atomic E-state index is 11.5. The number of hydrogen-bond acceptors (Lipinski definition) is 3. The Bertz CT molecular complexity index is 215. The summed E-state index contributed by atoms with van der Waals surface area (Å²) in [7, 11) is 0. The summed E-state index contributed by atoms with van der Waals surface area (Å²) in [5, 5.41) is 4.92. The second-order valence-corrected chi connectivity index (χ2v) is 4.41. The summed E-state index contributed by atoms with van der Waals surface area (Å²) in [6, 6.07) is 0. The lowest BCUT2D eigenvalue weighted by Crippen LogP contribution is -2.38. The third kappa shape index (κ3) is 3.18. The number of rotatable bonds is 3. The van der Waals surface area contributed by atoms with Gasteiger partial charge in [-0.2, -0.15) is 0 Å². The van der Waals surface area contributed by atoms with E-state index < -0.39 is 0 Å². The molecule has 0 aliphatic carbocycles. The van der Waals surface area contributed by atoms with Crippen molar-refractivity contribution in [3.05, 3.63) is 0 Å². The summed E-state index contributed by atoms with van der Waals surface area (Å²) in [6.07, 6.45) is 5.10. The third-order valence-electron chi connectivity index (χ3n) is 3.26. The zero-order chi connectivity index (χ0) is 10.5. The number of nitrogens with one attached hydrogen (secondary N) is 1. The van der Waals surface area contributed by atoms with Crippen LogP contribution in [0.5, 0.6) is 0 Å². The quantitative estimate of drug-likeness (QED) is 0.756. The van der Waals surface area contributed by atoms with Crippen LogP contribution in [0.15, 0.2) is 0 Å². The molecular formula is C11H20N2O2. The highest BCUT2D eigenvalue weighted by Gasteiger charge is 2.21. The molecule has 15 heavy (non-hydrogen) atoms. The lowest BCUT2D eigenvalue weighted by atomic mass is 9.95. The minimum atomic E-state index is 0.162. The number of amides is 1. The van der Waals surface area contributed by atoms with Crippen LogP contribution in [-0.2, 0) is 9.63 Å². The normalized spacial score (nSPS) is 24.5. The minimum Gasteiger partial charge on any atom is -0.317 e. The van der Waals surface area contributed by atoms with E-state index in [1.54, 1.807) is 5.06 Å². The molecular weight excluding hydrogens is 192 g/mol. The molecule has 0 aromatic carbocycles. The van der Waals surface area contributed by atoms with Crippen LogP contribution in [0.2, 0.25) is 0 Å². The van der Waals surface area contributed by atoms with Crippen LogP contribution >= 0.6 is 0 Å². The predicted octanol–water partition coefficient (Wildman–Crippen LogP) is 0.930. The number of piperidine rings is 1. The van der Waals surface area contributed by atoms with Crippen molar-refractivity contribution in [1.29, 1.82) is 0 Å². The van der Waals surface area contributed by atoms with Gasteiger partial charge in [-0.05, 0) is 44.7 Å². The van der Waals surface area contributed by atoms with Crippen LogP contribution in [0.1, 0.15) is 32.1 Å². The first-order valence-corrected chi connectivity index (χ1v) is 6.00. The summed E-state index contributed by atoms with van der Waals surface area (Å²) < 4.78 is 0. The van der Waals surface area contributed by atoms with E-state index in [-0.39, 0.29) is 5.91 Å². The highest BCUT2D eigenvalue weighted by molar-refractivity contribution is 5.75. The van der Waals surface area contributed by atoms with Gasteiger partial charge in [0.25, 0.3) is 0 Å². The molecule has 0 aromatic heterocycles. The summed E-state index contributed by atoms with van der Waals surface area (Å²) in [5.74, 6) is 0.930. The molecule has 0 atom stereocenters. The Balaban J connectivity index is 1.69. The van der Waals surface area contributed by atoms with E-state index >= 15 is 0 Å². The van der Waals surface area contributed by atoms with Crippen molar-refractivity contribution in [3.8, 4) is 0 Å². The van der Waals surface area contributed by atoms with Crippen LogP contribution in [-0.4, -0.2) is 37.2 Å². The zero-order valence-corrected chi connectivity index (χ0v) is 9.21. The molecule has 2 saturated heterocycles. The summed E-state index contributed by atoms with van der Waals surface area (Å²) in [4.78, 5) is 16.8. The molecule has 1 N–H and O–H groups in total. The number of carbonyl (C=O) groups is 1. The van der Waals surface area contributed by atoms with E-state index in [4.69, 9.17) is 4.84 Å². The Hall–Kier alpha value is -0.610. The van der Waals surface area contributed by atoms with Gasteiger partial charge in [-0.1, -0.05) is 0 Å². The van der Waals surface area contributed by atoms with Crippen molar-refractivity contribution >= 4 is 5.91 Å². The highest BCUT2D eigenvalue weighted by Crippen LogP contribution is 2.17. The van der Waals surface area contributed by atoms with Crippen molar-refractivity contribution in [1.82, 2.24) is 10.4 Å². The fraction of sp³-hybridized carbons (Fsp3) is 0.909. The summed E-state index contributed by atoms with van der Waals surface area (Å²) in [5.41, 5.74) is 0. The molecule has 2 aliphatic heterocycles. The largest absolute Gasteiger partial charge is 0.317 e. The molecule has 2 aliphatic rings. The standard InChI is InChI=1S/C11H20N2O2/c14-11-2-1-9-15-13(11)8-5-10-3-6-12-7-4-10/h10,12H,1-9H2. The Kier molecular flexibility index (Phi) is 3.97. The Morgan fingerprint density at radius 2 is 2.20 bits per heavy atom. The predicted molar refractivity (Wildman–Crippen MR) is 57.1 cm³/mol. The van der Waals surface area contributed by atoms with Gasteiger partial charge < -0.3 is 5.32 Å². The molecule has 0 spiro atoms. The molecule has 86 valence electrons. The lowest BCUT2D eigenvalue weighted by molar-refractivity contribution is -0.199. The van der Waals surface area contributed by atoms with Crippen LogP contribution in [0.25, 0.3) is 0 Å². The summed E-state index contributed by atoms with van der Waals surface area (Å²) in [6.45, 7) is 3.74. The van der Waals surface area contributed by atoms with Crippen molar-refractivity contribution < 1.29 is 9.63 Å². The number of carbonyl (C=O) groups excluding carboxylic acids is 1. The number of hydrogen-bond donors (Lipinski definition) is 1. The zero-order valence-electron chi connectivity index (χ0n) is 9.21. The molecule has 4 heteroatoms. The topological polar surface area (TPSA) is 41.6 Å². The average Bonchev–Trinajstić information content (AvgIpc) is 2.29. The van der Waals surface area contributed by atoms with Gasteiger partial charge in [0.05, 0.1) is 6.61 Å². The first kappa shape index (κ1) is 10.9. The van der Waals surface area contributed by atoms with Crippen molar-refractivity contribution in [2.24, 2.45) is 5.92 Å². The molecule has 0 aromatic rings. The van der Waals surface area contributed by atoms with Crippen LogP contribution in [0, 0.1) is 5.92 Å². The monoisotopic (exact) mass is 212 g/mol. The molecule has 0 saturated carbocycles. The Morgan fingerprint density at radius 3 is 2.93 bits per heavy atom.